The fourth-order valence-electron chi connectivity index (χ4n) is 1.84. The van der Waals surface area contributed by atoms with Gasteiger partial charge in [-0.05, 0) is 30.4 Å². The Morgan fingerprint density at radius 2 is 1.71 bits per heavy atom. The van der Waals surface area contributed by atoms with E-state index in [2.05, 4.69) is 38.2 Å². The molecule has 0 spiro atoms. The first-order chi connectivity index (χ1) is 8.09. The maximum absolute atomic E-state index is 10.0. The quantitative estimate of drug-likeness (QED) is 0.761. The van der Waals surface area contributed by atoms with Crippen LogP contribution in [0.25, 0.3) is 0 Å². The molecule has 1 aromatic carbocycles. The van der Waals surface area contributed by atoms with Gasteiger partial charge in [0.1, 0.15) is 0 Å². The number of rotatable bonds is 7. The SMILES string of the molecule is CC(C)CNC[C@@H](O)[C@@H](C)Cc1ccccc1. The van der Waals surface area contributed by atoms with Gasteiger partial charge in [0.05, 0.1) is 6.10 Å². The van der Waals surface area contributed by atoms with Gasteiger partial charge in [-0.2, -0.15) is 0 Å². The van der Waals surface area contributed by atoms with Crippen molar-refractivity contribution in [3.05, 3.63) is 35.9 Å². The first kappa shape index (κ1) is 14.2. The highest BCUT2D eigenvalue weighted by Gasteiger charge is 2.14. The van der Waals surface area contributed by atoms with Crippen molar-refractivity contribution in [1.29, 1.82) is 0 Å². The largest absolute Gasteiger partial charge is 0.392 e. The Labute approximate surface area is 105 Å². The summed E-state index contributed by atoms with van der Waals surface area (Å²) in [6, 6.07) is 10.3. The highest BCUT2D eigenvalue weighted by atomic mass is 16.3. The summed E-state index contributed by atoms with van der Waals surface area (Å²) in [5, 5.41) is 13.3. The molecule has 1 aromatic rings. The summed E-state index contributed by atoms with van der Waals surface area (Å²) in [6.07, 6.45) is 0.666. The van der Waals surface area contributed by atoms with Crippen molar-refractivity contribution in [3.8, 4) is 0 Å². The van der Waals surface area contributed by atoms with E-state index in [9.17, 15) is 5.11 Å². The summed E-state index contributed by atoms with van der Waals surface area (Å²) in [7, 11) is 0. The summed E-state index contributed by atoms with van der Waals surface area (Å²) in [6.45, 7) is 8.11. The first-order valence-electron chi connectivity index (χ1n) is 6.52. The van der Waals surface area contributed by atoms with Gasteiger partial charge in [-0.3, -0.25) is 0 Å². The molecule has 0 aliphatic heterocycles. The van der Waals surface area contributed by atoms with Gasteiger partial charge < -0.3 is 10.4 Å². The van der Waals surface area contributed by atoms with Crippen molar-refractivity contribution in [2.45, 2.75) is 33.3 Å². The van der Waals surface area contributed by atoms with Crippen LogP contribution in [-0.2, 0) is 6.42 Å². The molecule has 96 valence electrons. The van der Waals surface area contributed by atoms with Gasteiger partial charge in [0.2, 0.25) is 0 Å². The van der Waals surface area contributed by atoms with Crippen LogP contribution in [0.3, 0.4) is 0 Å². The third-order valence-corrected chi connectivity index (χ3v) is 2.96. The molecular weight excluding hydrogens is 210 g/mol. The second kappa shape index (κ2) is 7.46. The molecule has 17 heavy (non-hydrogen) atoms. The monoisotopic (exact) mass is 235 g/mol. The van der Waals surface area contributed by atoms with Gasteiger partial charge >= 0.3 is 0 Å². The fourth-order valence-corrected chi connectivity index (χ4v) is 1.84. The molecule has 0 fully saturated rings. The molecule has 0 heterocycles. The van der Waals surface area contributed by atoms with E-state index in [1.165, 1.54) is 5.56 Å². The topological polar surface area (TPSA) is 32.3 Å². The summed E-state index contributed by atoms with van der Waals surface area (Å²) in [4.78, 5) is 0. The zero-order valence-corrected chi connectivity index (χ0v) is 11.2. The number of benzene rings is 1. The lowest BCUT2D eigenvalue weighted by Crippen LogP contribution is -2.34. The third-order valence-electron chi connectivity index (χ3n) is 2.96. The van der Waals surface area contributed by atoms with Crippen LogP contribution in [0.1, 0.15) is 26.3 Å². The lowest BCUT2D eigenvalue weighted by atomic mass is 9.96. The van der Waals surface area contributed by atoms with E-state index in [4.69, 9.17) is 0 Å². The Bertz CT molecular complexity index is 297. The van der Waals surface area contributed by atoms with Crippen LogP contribution in [0.4, 0.5) is 0 Å². The Kier molecular flexibility index (Phi) is 6.23. The highest BCUT2D eigenvalue weighted by molar-refractivity contribution is 5.15. The Hall–Kier alpha value is -0.860. The van der Waals surface area contributed by atoms with Crippen LogP contribution in [0, 0.1) is 11.8 Å². The molecule has 0 saturated heterocycles. The molecule has 2 nitrogen and oxygen atoms in total. The van der Waals surface area contributed by atoms with E-state index in [0.29, 0.717) is 12.5 Å². The Morgan fingerprint density at radius 3 is 2.29 bits per heavy atom. The van der Waals surface area contributed by atoms with Gasteiger partial charge in [-0.1, -0.05) is 51.1 Å². The smallest absolute Gasteiger partial charge is 0.0693 e. The molecule has 0 aliphatic rings. The minimum absolute atomic E-state index is 0.269. The third kappa shape index (κ3) is 5.85. The molecule has 2 N–H and O–H groups in total. The molecule has 0 amide bonds. The molecule has 2 heteroatoms. The van der Waals surface area contributed by atoms with Gasteiger partial charge in [0.15, 0.2) is 0 Å². The number of aliphatic hydroxyl groups excluding tert-OH is 1. The van der Waals surface area contributed by atoms with E-state index in [-0.39, 0.29) is 12.0 Å². The zero-order chi connectivity index (χ0) is 12.7. The number of hydrogen-bond donors (Lipinski definition) is 2. The Balaban J connectivity index is 2.29. The van der Waals surface area contributed by atoms with E-state index < -0.39 is 0 Å². The average Bonchev–Trinajstić information content (AvgIpc) is 2.29. The second-order valence-electron chi connectivity index (χ2n) is 5.29. The number of nitrogens with one attached hydrogen (secondary N) is 1. The highest BCUT2D eigenvalue weighted by Crippen LogP contribution is 2.11. The number of aliphatic hydroxyl groups is 1. The molecule has 1 rings (SSSR count). The second-order valence-corrected chi connectivity index (χ2v) is 5.29. The minimum atomic E-state index is -0.269. The maximum Gasteiger partial charge on any atom is 0.0693 e. The molecule has 0 saturated carbocycles. The van der Waals surface area contributed by atoms with Crippen molar-refractivity contribution in [2.75, 3.05) is 13.1 Å². The normalized spacial score (nSPS) is 14.9. The van der Waals surface area contributed by atoms with Crippen molar-refractivity contribution in [2.24, 2.45) is 11.8 Å². The molecule has 0 radical (unpaired) electrons. The van der Waals surface area contributed by atoms with Crippen LogP contribution in [-0.4, -0.2) is 24.3 Å². The van der Waals surface area contributed by atoms with Crippen molar-refractivity contribution in [3.63, 3.8) is 0 Å². The first-order valence-corrected chi connectivity index (χ1v) is 6.52. The van der Waals surface area contributed by atoms with Crippen LogP contribution in [0.5, 0.6) is 0 Å². The van der Waals surface area contributed by atoms with Crippen molar-refractivity contribution >= 4 is 0 Å². The number of hydrogen-bond acceptors (Lipinski definition) is 2. The van der Waals surface area contributed by atoms with Crippen LogP contribution >= 0.6 is 0 Å². The summed E-state index contributed by atoms with van der Waals surface area (Å²) in [5.74, 6) is 0.920. The van der Waals surface area contributed by atoms with E-state index in [0.717, 1.165) is 13.0 Å². The van der Waals surface area contributed by atoms with Gasteiger partial charge in [0, 0.05) is 6.54 Å². The average molecular weight is 235 g/mol. The molecule has 2 atom stereocenters. The molecule has 0 bridgehead atoms. The van der Waals surface area contributed by atoms with Crippen molar-refractivity contribution in [1.82, 2.24) is 5.32 Å². The van der Waals surface area contributed by atoms with E-state index in [1.807, 2.05) is 18.2 Å². The van der Waals surface area contributed by atoms with Gasteiger partial charge in [-0.15, -0.1) is 0 Å². The van der Waals surface area contributed by atoms with E-state index in [1.54, 1.807) is 0 Å². The molecule has 0 unspecified atom stereocenters. The van der Waals surface area contributed by atoms with Crippen LogP contribution in [0.2, 0.25) is 0 Å². The maximum atomic E-state index is 10.0. The van der Waals surface area contributed by atoms with Crippen molar-refractivity contribution < 1.29 is 5.11 Å². The minimum Gasteiger partial charge on any atom is -0.392 e. The molecule has 0 aliphatic carbocycles. The lowest BCUT2D eigenvalue weighted by molar-refractivity contribution is 0.114. The zero-order valence-electron chi connectivity index (χ0n) is 11.2. The Morgan fingerprint density at radius 1 is 1.06 bits per heavy atom. The standard InChI is InChI=1S/C15H25NO/c1-12(2)10-16-11-15(17)13(3)9-14-7-5-4-6-8-14/h4-8,12-13,15-17H,9-11H2,1-3H3/t13-,15+/m0/s1. The van der Waals surface area contributed by atoms with E-state index >= 15 is 0 Å². The molecular formula is C15H25NO. The predicted molar refractivity (Wildman–Crippen MR) is 73.0 cm³/mol. The van der Waals surface area contributed by atoms with Crippen LogP contribution in [0.15, 0.2) is 30.3 Å². The summed E-state index contributed by atoms with van der Waals surface area (Å²) < 4.78 is 0. The summed E-state index contributed by atoms with van der Waals surface area (Å²) in [5.41, 5.74) is 1.29. The van der Waals surface area contributed by atoms with Crippen LogP contribution < -0.4 is 5.32 Å². The molecule has 0 aromatic heterocycles. The van der Waals surface area contributed by atoms with Gasteiger partial charge in [0.25, 0.3) is 0 Å². The summed E-state index contributed by atoms with van der Waals surface area (Å²) >= 11 is 0. The fraction of sp³-hybridized carbons (Fsp3) is 0.600. The lowest BCUT2D eigenvalue weighted by Gasteiger charge is -2.20. The predicted octanol–water partition coefficient (Wildman–Crippen LogP) is 2.47. The van der Waals surface area contributed by atoms with Gasteiger partial charge in [-0.25, -0.2) is 0 Å².